The van der Waals surface area contributed by atoms with E-state index in [1.165, 1.54) is 0 Å². The number of hydrogen-bond donors (Lipinski definition) is 1. The number of thiophene rings is 1. The summed E-state index contributed by atoms with van der Waals surface area (Å²) < 4.78 is 2.87. The highest BCUT2D eigenvalue weighted by Gasteiger charge is 2.10. The van der Waals surface area contributed by atoms with Crippen LogP contribution in [0, 0.1) is 0 Å². The Morgan fingerprint density at radius 1 is 1.29 bits per heavy atom. The standard InChI is InChI=1S/C17H17BrN4OS/c1-21(12-15-7-8-16(18)24-15)17(23)19-9-13-10-20-22(11-13)14-5-3-2-4-6-14/h2-8,10-11H,9,12H2,1H3,(H,19,23). The lowest BCUT2D eigenvalue weighted by Gasteiger charge is -2.16. The molecule has 2 amide bonds. The molecule has 0 aliphatic rings. The van der Waals surface area contributed by atoms with Crippen LogP contribution in [0.5, 0.6) is 0 Å². The third kappa shape index (κ3) is 4.24. The molecule has 24 heavy (non-hydrogen) atoms. The minimum absolute atomic E-state index is 0.105. The number of carbonyl (C=O) groups is 1. The smallest absolute Gasteiger partial charge is 0.317 e. The van der Waals surface area contributed by atoms with Crippen molar-refractivity contribution in [1.29, 1.82) is 0 Å². The Morgan fingerprint density at radius 2 is 2.08 bits per heavy atom. The van der Waals surface area contributed by atoms with E-state index in [0.29, 0.717) is 13.1 Å². The van der Waals surface area contributed by atoms with Gasteiger partial charge in [-0.25, -0.2) is 9.48 Å². The van der Waals surface area contributed by atoms with Crippen molar-refractivity contribution in [2.24, 2.45) is 0 Å². The van der Waals surface area contributed by atoms with Crippen LogP contribution >= 0.6 is 27.3 Å². The van der Waals surface area contributed by atoms with E-state index < -0.39 is 0 Å². The lowest BCUT2D eigenvalue weighted by atomic mass is 10.3. The number of benzene rings is 1. The quantitative estimate of drug-likeness (QED) is 0.697. The van der Waals surface area contributed by atoms with E-state index in [0.717, 1.165) is 19.9 Å². The summed E-state index contributed by atoms with van der Waals surface area (Å²) in [6.45, 7) is 1.04. The number of nitrogens with one attached hydrogen (secondary N) is 1. The average molecular weight is 405 g/mol. The van der Waals surface area contributed by atoms with Crippen LogP contribution in [0.15, 0.2) is 58.6 Å². The van der Waals surface area contributed by atoms with Crippen LogP contribution in [-0.4, -0.2) is 27.8 Å². The van der Waals surface area contributed by atoms with Gasteiger partial charge in [0.25, 0.3) is 0 Å². The van der Waals surface area contributed by atoms with Gasteiger partial charge in [-0.1, -0.05) is 18.2 Å². The lowest BCUT2D eigenvalue weighted by molar-refractivity contribution is 0.207. The number of urea groups is 1. The van der Waals surface area contributed by atoms with Gasteiger partial charge in [0.05, 0.1) is 22.2 Å². The van der Waals surface area contributed by atoms with Crippen molar-refractivity contribution in [3.63, 3.8) is 0 Å². The Hall–Kier alpha value is -2.12. The number of amides is 2. The van der Waals surface area contributed by atoms with Crippen molar-refractivity contribution in [1.82, 2.24) is 20.0 Å². The van der Waals surface area contributed by atoms with Crippen LogP contribution in [0.25, 0.3) is 5.69 Å². The summed E-state index contributed by atoms with van der Waals surface area (Å²) in [4.78, 5) is 15.0. The van der Waals surface area contributed by atoms with Gasteiger partial charge in [-0.2, -0.15) is 5.10 Å². The van der Waals surface area contributed by atoms with Crippen molar-refractivity contribution in [3.8, 4) is 5.69 Å². The second kappa shape index (κ2) is 7.63. The first-order valence-electron chi connectivity index (χ1n) is 7.44. The first-order chi connectivity index (χ1) is 11.6. The number of carbonyl (C=O) groups excluding carboxylic acids is 1. The minimum atomic E-state index is -0.105. The molecule has 0 spiro atoms. The highest BCUT2D eigenvalue weighted by Crippen LogP contribution is 2.22. The molecule has 3 rings (SSSR count). The van der Waals surface area contributed by atoms with Crippen molar-refractivity contribution in [2.45, 2.75) is 13.1 Å². The van der Waals surface area contributed by atoms with Gasteiger partial charge in [0.1, 0.15) is 0 Å². The molecule has 2 heterocycles. The van der Waals surface area contributed by atoms with Gasteiger partial charge >= 0.3 is 6.03 Å². The van der Waals surface area contributed by atoms with Gasteiger partial charge in [-0.3, -0.25) is 0 Å². The SMILES string of the molecule is CN(Cc1ccc(Br)s1)C(=O)NCc1cnn(-c2ccccc2)c1. The molecule has 0 saturated carbocycles. The molecule has 0 bridgehead atoms. The van der Waals surface area contributed by atoms with Crippen LogP contribution in [0.4, 0.5) is 4.79 Å². The minimum Gasteiger partial charge on any atom is -0.334 e. The van der Waals surface area contributed by atoms with E-state index in [1.807, 2.05) is 48.7 Å². The van der Waals surface area contributed by atoms with E-state index in [4.69, 9.17) is 0 Å². The summed E-state index contributed by atoms with van der Waals surface area (Å²) in [5.41, 5.74) is 1.95. The molecular formula is C17H17BrN4OS. The molecule has 0 aliphatic heterocycles. The molecule has 0 unspecified atom stereocenters. The first-order valence-corrected chi connectivity index (χ1v) is 9.05. The van der Waals surface area contributed by atoms with Crippen molar-refractivity contribution >= 4 is 33.3 Å². The van der Waals surface area contributed by atoms with Gasteiger partial charge < -0.3 is 10.2 Å². The Morgan fingerprint density at radius 3 is 2.79 bits per heavy atom. The largest absolute Gasteiger partial charge is 0.334 e. The third-order valence-corrected chi connectivity index (χ3v) is 5.08. The van der Waals surface area contributed by atoms with Crippen molar-refractivity contribution in [2.75, 3.05) is 7.05 Å². The monoisotopic (exact) mass is 404 g/mol. The molecule has 0 radical (unpaired) electrons. The third-order valence-electron chi connectivity index (χ3n) is 3.47. The van der Waals surface area contributed by atoms with E-state index in [9.17, 15) is 4.79 Å². The number of aromatic nitrogens is 2. The van der Waals surface area contributed by atoms with Gasteiger partial charge in [-0.15, -0.1) is 11.3 Å². The summed E-state index contributed by atoms with van der Waals surface area (Å²) in [5.74, 6) is 0. The molecule has 5 nitrogen and oxygen atoms in total. The zero-order valence-corrected chi connectivity index (χ0v) is 15.5. The molecule has 0 saturated heterocycles. The Bertz CT molecular complexity index is 815. The number of rotatable bonds is 5. The Labute approximate surface area is 153 Å². The number of halogens is 1. The summed E-state index contributed by atoms with van der Waals surface area (Å²) in [5, 5.41) is 7.25. The molecule has 2 aromatic heterocycles. The average Bonchev–Trinajstić information content (AvgIpc) is 3.22. The molecule has 0 fully saturated rings. The number of nitrogens with zero attached hydrogens (tertiary/aromatic N) is 3. The van der Waals surface area contributed by atoms with Crippen LogP contribution in [0.2, 0.25) is 0 Å². The van der Waals surface area contributed by atoms with Crippen molar-refractivity contribution in [3.05, 3.63) is 69.1 Å². The molecule has 1 aromatic carbocycles. The lowest BCUT2D eigenvalue weighted by Crippen LogP contribution is -2.36. The predicted octanol–water partition coefficient (Wildman–Crippen LogP) is 4.04. The topological polar surface area (TPSA) is 50.2 Å². The maximum Gasteiger partial charge on any atom is 0.317 e. The Kier molecular flexibility index (Phi) is 5.32. The van der Waals surface area contributed by atoms with Crippen molar-refractivity contribution < 1.29 is 4.79 Å². The predicted molar refractivity (Wildman–Crippen MR) is 99.3 cm³/mol. The summed E-state index contributed by atoms with van der Waals surface area (Å²) >= 11 is 5.06. The number of para-hydroxylation sites is 1. The van der Waals surface area contributed by atoms with Gasteiger partial charge in [0.2, 0.25) is 0 Å². The van der Waals surface area contributed by atoms with Gasteiger partial charge in [0.15, 0.2) is 0 Å². The highest BCUT2D eigenvalue weighted by molar-refractivity contribution is 9.11. The maximum atomic E-state index is 12.2. The van der Waals surface area contributed by atoms with Gasteiger partial charge in [0, 0.05) is 30.2 Å². The molecule has 0 aliphatic carbocycles. The second-order valence-corrected chi connectivity index (χ2v) is 7.90. The maximum absolute atomic E-state index is 12.2. The first kappa shape index (κ1) is 16.7. The van der Waals surface area contributed by atoms with Crippen LogP contribution in [-0.2, 0) is 13.1 Å². The van der Waals surface area contributed by atoms with Gasteiger partial charge in [-0.05, 0) is 40.2 Å². The van der Waals surface area contributed by atoms with Crippen LogP contribution in [0.1, 0.15) is 10.4 Å². The molecule has 3 aromatic rings. The second-order valence-electron chi connectivity index (χ2n) is 5.35. The van der Waals surface area contributed by atoms with E-state index in [1.54, 1.807) is 34.2 Å². The Balaban J connectivity index is 1.53. The molecule has 0 atom stereocenters. The zero-order valence-electron chi connectivity index (χ0n) is 13.1. The molecule has 1 N–H and O–H groups in total. The molecule has 124 valence electrons. The summed E-state index contributed by atoms with van der Waals surface area (Å²) in [6.07, 6.45) is 3.69. The highest BCUT2D eigenvalue weighted by atomic mass is 79.9. The van der Waals surface area contributed by atoms with Crippen LogP contribution < -0.4 is 5.32 Å². The van der Waals surface area contributed by atoms with E-state index in [2.05, 4.69) is 26.3 Å². The zero-order chi connectivity index (χ0) is 16.9. The number of hydrogen-bond acceptors (Lipinski definition) is 3. The fourth-order valence-corrected chi connectivity index (χ4v) is 3.76. The van der Waals surface area contributed by atoms with E-state index in [-0.39, 0.29) is 6.03 Å². The summed E-state index contributed by atoms with van der Waals surface area (Å²) in [7, 11) is 1.79. The normalized spacial score (nSPS) is 10.6. The summed E-state index contributed by atoms with van der Waals surface area (Å²) in [6, 6.07) is 13.8. The molecular weight excluding hydrogens is 388 g/mol. The fraction of sp³-hybridized carbons (Fsp3) is 0.176. The fourth-order valence-electron chi connectivity index (χ4n) is 2.23. The van der Waals surface area contributed by atoms with Crippen LogP contribution in [0.3, 0.4) is 0 Å². The van der Waals surface area contributed by atoms with E-state index >= 15 is 0 Å². The molecule has 7 heteroatoms.